The predicted molar refractivity (Wildman–Crippen MR) is 149 cm³/mol. The molecule has 3 atom stereocenters. The molecule has 3 amide bonds. The standard InChI is InChI=1S/C29H27F4N5O3S/c1-15(23-9-17(12-42-23)25(34)35)37-27(41)22-10-28(31,13-30)14-38(22)24(39)11-36-26(40)16-6-7-19-18-4-2-3-5-20(18)29(32,33)21(19)8-16/h2-9,12,15,22H,10-11,13-14H2,1H3,(H3,34,35)(H,36,40)(H,37,41)/t15-,22+,28+/m1/s1. The third kappa shape index (κ3) is 5.24. The van der Waals surface area contributed by atoms with Crippen LogP contribution >= 0.6 is 11.3 Å². The molecule has 0 spiro atoms. The summed E-state index contributed by atoms with van der Waals surface area (Å²) in [6, 6.07) is 9.60. The normalized spacial score (nSPS) is 20.9. The van der Waals surface area contributed by atoms with Crippen LogP contribution in [0, 0.1) is 5.41 Å². The molecule has 13 heteroatoms. The number of nitrogens with zero attached hydrogens (tertiary/aromatic N) is 1. The number of benzene rings is 2. The summed E-state index contributed by atoms with van der Waals surface area (Å²) in [4.78, 5) is 40.5. The molecule has 3 aromatic rings. The van der Waals surface area contributed by atoms with Crippen LogP contribution in [-0.2, 0) is 15.5 Å². The summed E-state index contributed by atoms with van der Waals surface area (Å²) in [6.07, 6.45) is -0.578. The van der Waals surface area contributed by atoms with Gasteiger partial charge < -0.3 is 21.3 Å². The van der Waals surface area contributed by atoms with Gasteiger partial charge in [0.15, 0.2) is 5.67 Å². The second kappa shape index (κ2) is 10.9. The maximum atomic E-state index is 15.0. The fourth-order valence-electron chi connectivity index (χ4n) is 5.31. The zero-order valence-corrected chi connectivity index (χ0v) is 23.2. The first-order valence-electron chi connectivity index (χ1n) is 13.0. The van der Waals surface area contributed by atoms with Crippen molar-refractivity contribution in [3.63, 3.8) is 0 Å². The Labute approximate surface area is 242 Å². The molecular weight excluding hydrogens is 574 g/mol. The summed E-state index contributed by atoms with van der Waals surface area (Å²) in [5, 5.41) is 14.2. The number of halogens is 4. The van der Waals surface area contributed by atoms with E-state index >= 15 is 13.2 Å². The van der Waals surface area contributed by atoms with E-state index in [0.717, 1.165) is 11.0 Å². The molecule has 1 saturated heterocycles. The van der Waals surface area contributed by atoms with Gasteiger partial charge in [-0.3, -0.25) is 19.8 Å². The summed E-state index contributed by atoms with van der Waals surface area (Å²) >= 11 is 1.25. The maximum absolute atomic E-state index is 15.0. The van der Waals surface area contributed by atoms with Crippen molar-refractivity contribution in [3.8, 4) is 11.1 Å². The summed E-state index contributed by atoms with van der Waals surface area (Å²) in [6.45, 7) is -1.12. The van der Waals surface area contributed by atoms with Crippen molar-refractivity contribution in [2.75, 3.05) is 19.8 Å². The van der Waals surface area contributed by atoms with Crippen molar-refractivity contribution >= 4 is 34.9 Å². The topological polar surface area (TPSA) is 128 Å². The number of rotatable bonds is 8. The Hall–Kier alpha value is -4.26. The van der Waals surface area contributed by atoms with Gasteiger partial charge in [0, 0.05) is 38.9 Å². The van der Waals surface area contributed by atoms with Gasteiger partial charge in [0.1, 0.15) is 18.6 Å². The predicted octanol–water partition coefficient (Wildman–Crippen LogP) is 4.04. The van der Waals surface area contributed by atoms with Crippen molar-refractivity contribution in [3.05, 3.63) is 81.0 Å². The van der Waals surface area contributed by atoms with Crippen LogP contribution in [0.3, 0.4) is 0 Å². The van der Waals surface area contributed by atoms with Crippen LogP contribution in [0.25, 0.3) is 11.1 Å². The molecule has 2 heterocycles. The van der Waals surface area contributed by atoms with E-state index in [0.29, 0.717) is 21.6 Å². The SMILES string of the molecule is C[C@@H](NC(=O)[C@@H]1C[C@](F)(CF)CN1C(=O)CNC(=O)c1ccc2c(c1)C(F)(F)c1ccccc1-2)c1cc(C(=N)N)cs1. The lowest BCUT2D eigenvalue weighted by atomic mass is 10.0. The molecule has 0 radical (unpaired) electrons. The number of nitrogens with one attached hydrogen (secondary N) is 3. The molecule has 1 aliphatic heterocycles. The van der Waals surface area contributed by atoms with Gasteiger partial charge in [0.2, 0.25) is 11.8 Å². The minimum atomic E-state index is -3.31. The molecule has 220 valence electrons. The van der Waals surface area contributed by atoms with Gasteiger partial charge in [-0.05, 0) is 36.2 Å². The van der Waals surface area contributed by atoms with E-state index in [1.807, 2.05) is 0 Å². The van der Waals surface area contributed by atoms with Crippen molar-refractivity contribution in [1.82, 2.24) is 15.5 Å². The second-order valence-corrected chi connectivity index (χ2v) is 11.4. The number of amidine groups is 1. The highest BCUT2D eigenvalue weighted by Gasteiger charge is 2.50. The fourth-order valence-corrected chi connectivity index (χ4v) is 6.22. The Bertz CT molecular complexity index is 1590. The molecule has 1 aliphatic carbocycles. The second-order valence-electron chi connectivity index (χ2n) is 10.5. The van der Waals surface area contributed by atoms with Crippen LogP contribution in [0.2, 0.25) is 0 Å². The van der Waals surface area contributed by atoms with Crippen molar-refractivity contribution in [1.29, 1.82) is 5.41 Å². The lowest BCUT2D eigenvalue weighted by Gasteiger charge is -2.25. The zero-order chi connectivity index (χ0) is 30.4. The largest absolute Gasteiger partial charge is 0.384 e. The van der Waals surface area contributed by atoms with Gasteiger partial charge in [0.25, 0.3) is 11.8 Å². The summed E-state index contributed by atoms with van der Waals surface area (Å²) < 4.78 is 58.7. The molecule has 2 aromatic carbocycles. The highest BCUT2D eigenvalue weighted by molar-refractivity contribution is 7.10. The summed E-state index contributed by atoms with van der Waals surface area (Å²) in [5.74, 6) is -5.82. The Morgan fingerprint density at radius 1 is 1.10 bits per heavy atom. The molecule has 5 rings (SSSR count). The lowest BCUT2D eigenvalue weighted by molar-refractivity contribution is -0.138. The van der Waals surface area contributed by atoms with Crippen LogP contribution in [-0.4, -0.2) is 59.9 Å². The number of nitrogen functional groups attached to an aromatic ring is 1. The third-order valence-electron chi connectivity index (χ3n) is 7.54. The van der Waals surface area contributed by atoms with Crippen LogP contribution in [0.15, 0.2) is 53.9 Å². The molecule has 1 aromatic heterocycles. The van der Waals surface area contributed by atoms with Gasteiger partial charge in [-0.1, -0.05) is 30.3 Å². The van der Waals surface area contributed by atoms with Crippen LogP contribution in [0.5, 0.6) is 0 Å². The fraction of sp³-hybridized carbons (Fsp3) is 0.310. The number of amides is 3. The van der Waals surface area contributed by atoms with E-state index in [9.17, 15) is 18.8 Å². The highest BCUT2D eigenvalue weighted by Crippen LogP contribution is 2.51. The molecule has 8 nitrogen and oxygen atoms in total. The van der Waals surface area contributed by atoms with Crippen LogP contribution in [0.1, 0.15) is 51.3 Å². The minimum absolute atomic E-state index is 0.108. The smallest absolute Gasteiger partial charge is 0.299 e. The molecule has 0 saturated carbocycles. The Kier molecular flexibility index (Phi) is 7.56. The zero-order valence-electron chi connectivity index (χ0n) is 22.3. The number of hydrogen-bond donors (Lipinski definition) is 4. The molecule has 0 unspecified atom stereocenters. The first kappa shape index (κ1) is 29.2. The average Bonchev–Trinajstić information content (AvgIpc) is 3.66. The van der Waals surface area contributed by atoms with Gasteiger partial charge in [-0.25, -0.2) is 8.78 Å². The highest BCUT2D eigenvalue weighted by atomic mass is 32.1. The van der Waals surface area contributed by atoms with Crippen LogP contribution < -0.4 is 16.4 Å². The summed E-state index contributed by atoms with van der Waals surface area (Å²) in [7, 11) is 0. The van der Waals surface area contributed by atoms with Crippen LogP contribution in [0.4, 0.5) is 17.6 Å². The Morgan fingerprint density at radius 3 is 2.50 bits per heavy atom. The number of alkyl halides is 4. The molecule has 0 bridgehead atoms. The number of thiophene rings is 1. The molecule has 1 fully saturated rings. The number of carbonyl (C=O) groups excluding carboxylic acids is 3. The van der Waals surface area contributed by atoms with E-state index < -0.39 is 67.6 Å². The van der Waals surface area contributed by atoms with E-state index in [2.05, 4.69) is 10.6 Å². The van der Waals surface area contributed by atoms with Crippen molar-refractivity contribution < 1.29 is 31.9 Å². The minimum Gasteiger partial charge on any atom is -0.384 e. The Balaban J connectivity index is 1.26. The van der Waals surface area contributed by atoms with Gasteiger partial charge in [-0.15, -0.1) is 11.3 Å². The van der Waals surface area contributed by atoms with Gasteiger partial charge >= 0.3 is 0 Å². The maximum Gasteiger partial charge on any atom is 0.299 e. The number of fused-ring (bicyclic) bond motifs is 3. The van der Waals surface area contributed by atoms with E-state index in [1.165, 1.54) is 35.6 Å². The molecule has 5 N–H and O–H groups in total. The number of carbonyl (C=O) groups is 3. The van der Waals surface area contributed by atoms with Crippen molar-refractivity contribution in [2.24, 2.45) is 5.73 Å². The molecule has 42 heavy (non-hydrogen) atoms. The monoisotopic (exact) mass is 601 g/mol. The number of likely N-dealkylation sites (tertiary alicyclic amines) is 1. The van der Waals surface area contributed by atoms with E-state index in [-0.39, 0.29) is 22.5 Å². The lowest BCUT2D eigenvalue weighted by Crippen LogP contribution is -2.49. The average molecular weight is 602 g/mol. The Morgan fingerprint density at radius 2 is 1.81 bits per heavy atom. The summed E-state index contributed by atoms with van der Waals surface area (Å²) in [5.41, 5.74) is 3.57. The quantitative estimate of drug-likeness (QED) is 0.177. The number of nitrogens with two attached hydrogens (primary N) is 1. The van der Waals surface area contributed by atoms with Gasteiger partial charge in [-0.2, -0.15) is 8.78 Å². The third-order valence-corrected chi connectivity index (χ3v) is 8.66. The van der Waals surface area contributed by atoms with Crippen molar-refractivity contribution in [2.45, 2.75) is 37.0 Å². The van der Waals surface area contributed by atoms with Gasteiger partial charge in [0.05, 0.1) is 19.1 Å². The molecular formula is C29H27F4N5O3S. The van der Waals surface area contributed by atoms with E-state index in [1.54, 1.807) is 30.5 Å². The first-order valence-corrected chi connectivity index (χ1v) is 13.9. The first-order chi connectivity index (χ1) is 19.8. The molecule has 2 aliphatic rings. The number of hydrogen-bond acceptors (Lipinski definition) is 5. The van der Waals surface area contributed by atoms with E-state index in [4.69, 9.17) is 11.1 Å².